The van der Waals surface area contributed by atoms with E-state index in [0.717, 1.165) is 0 Å². The van der Waals surface area contributed by atoms with Crippen molar-refractivity contribution in [2.24, 2.45) is 0 Å². The molecule has 0 spiro atoms. The van der Waals surface area contributed by atoms with Crippen molar-refractivity contribution in [3.8, 4) is 0 Å². The van der Waals surface area contributed by atoms with Crippen LogP contribution in [0.5, 0.6) is 0 Å². The Morgan fingerprint density at radius 1 is 1.41 bits per heavy atom. The van der Waals surface area contributed by atoms with Crippen LogP contribution in [0.25, 0.3) is 0 Å². The van der Waals surface area contributed by atoms with E-state index in [1.165, 1.54) is 18.2 Å². The standard InChI is InChI=1S/C10H12FNO4S/c11-9-3-1-2-8(6-9)4-5-12-17(15,16)7-10(13)14/h1-3,6,12H,4-5,7H2,(H,13,14). The Kier molecular flexibility index (Phi) is 4.59. The predicted octanol–water partition coefficient (Wildman–Crippen LogP) is 0.372. The van der Waals surface area contributed by atoms with E-state index in [9.17, 15) is 17.6 Å². The number of hydrogen-bond acceptors (Lipinski definition) is 3. The van der Waals surface area contributed by atoms with Crippen LogP contribution in [-0.2, 0) is 21.2 Å². The second kappa shape index (κ2) is 5.74. The molecule has 0 aromatic heterocycles. The molecule has 1 aromatic rings. The number of halogens is 1. The van der Waals surface area contributed by atoms with Gasteiger partial charge in [-0.15, -0.1) is 0 Å². The fourth-order valence-corrected chi connectivity index (χ4v) is 2.10. The minimum absolute atomic E-state index is 0.0407. The number of carbonyl (C=O) groups is 1. The lowest BCUT2D eigenvalue weighted by Gasteiger charge is -2.04. The van der Waals surface area contributed by atoms with E-state index in [4.69, 9.17) is 5.11 Å². The number of sulfonamides is 1. The van der Waals surface area contributed by atoms with Crippen molar-refractivity contribution in [3.63, 3.8) is 0 Å². The Morgan fingerprint density at radius 2 is 2.12 bits per heavy atom. The number of nitrogens with one attached hydrogen (secondary N) is 1. The Labute approximate surface area is 98.3 Å². The SMILES string of the molecule is O=C(O)CS(=O)(=O)NCCc1cccc(F)c1. The zero-order chi connectivity index (χ0) is 12.9. The molecule has 0 unspecified atom stereocenters. The molecular weight excluding hydrogens is 249 g/mol. The number of aliphatic carboxylic acids is 1. The summed E-state index contributed by atoms with van der Waals surface area (Å²) in [6.07, 6.45) is 0.302. The minimum Gasteiger partial charge on any atom is -0.480 e. The van der Waals surface area contributed by atoms with E-state index >= 15 is 0 Å². The van der Waals surface area contributed by atoms with Crippen LogP contribution in [0.4, 0.5) is 4.39 Å². The Morgan fingerprint density at radius 3 is 2.71 bits per heavy atom. The number of carboxylic acid groups (broad SMARTS) is 1. The van der Waals surface area contributed by atoms with Crippen molar-refractivity contribution in [2.75, 3.05) is 12.3 Å². The molecular formula is C10H12FNO4S. The normalized spacial score (nSPS) is 11.4. The third-order valence-electron chi connectivity index (χ3n) is 1.94. The largest absolute Gasteiger partial charge is 0.480 e. The quantitative estimate of drug-likeness (QED) is 0.775. The number of benzene rings is 1. The van der Waals surface area contributed by atoms with Gasteiger partial charge < -0.3 is 5.11 Å². The molecule has 0 aliphatic heterocycles. The zero-order valence-electron chi connectivity index (χ0n) is 8.89. The molecule has 1 rings (SSSR count). The lowest BCUT2D eigenvalue weighted by atomic mass is 10.1. The molecule has 0 aliphatic rings. The fraction of sp³-hybridized carbons (Fsp3) is 0.300. The summed E-state index contributed by atoms with van der Waals surface area (Å²) in [7, 11) is -3.80. The van der Waals surface area contributed by atoms with Gasteiger partial charge in [0.15, 0.2) is 5.75 Å². The summed E-state index contributed by atoms with van der Waals surface area (Å²) in [6.45, 7) is 0.0407. The molecule has 1 aromatic carbocycles. The fourth-order valence-electron chi connectivity index (χ4n) is 1.26. The Balaban J connectivity index is 2.45. The first kappa shape index (κ1) is 13.6. The van der Waals surface area contributed by atoms with Crippen LogP contribution in [0.1, 0.15) is 5.56 Å². The van der Waals surface area contributed by atoms with Gasteiger partial charge in [0, 0.05) is 6.54 Å². The maximum Gasteiger partial charge on any atom is 0.320 e. The summed E-state index contributed by atoms with van der Waals surface area (Å²) in [4.78, 5) is 10.2. The van der Waals surface area contributed by atoms with Crippen LogP contribution >= 0.6 is 0 Å². The highest BCUT2D eigenvalue weighted by Crippen LogP contribution is 2.03. The molecule has 0 fully saturated rings. The van der Waals surface area contributed by atoms with Crippen molar-refractivity contribution >= 4 is 16.0 Å². The predicted molar refractivity (Wildman–Crippen MR) is 59.5 cm³/mol. The Bertz CT molecular complexity index is 501. The van der Waals surface area contributed by atoms with E-state index in [1.54, 1.807) is 6.07 Å². The average molecular weight is 261 g/mol. The second-order valence-electron chi connectivity index (χ2n) is 3.43. The molecule has 0 aliphatic carbocycles. The summed E-state index contributed by atoms with van der Waals surface area (Å²) in [5.74, 6) is -2.77. The van der Waals surface area contributed by atoms with Gasteiger partial charge >= 0.3 is 5.97 Å². The van der Waals surface area contributed by atoms with Crippen molar-refractivity contribution in [3.05, 3.63) is 35.6 Å². The van der Waals surface area contributed by atoms with Crippen molar-refractivity contribution in [1.82, 2.24) is 4.72 Å². The molecule has 0 radical (unpaired) electrons. The summed E-state index contributed by atoms with van der Waals surface area (Å²) in [5, 5.41) is 8.33. The smallest absolute Gasteiger partial charge is 0.320 e. The van der Waals surface area contributed by atoms with Crippen LogP contribution in [0.2, 0.25) is 0 Å². The van der Waals surface area contributed by atoms with Gasteiger partial charge in [-0.3, -0.25) is 4.79 Å². The van der Waals surface area contributed by atoms with Crippen LogP contribution in [0.3, 0.4) is 0 Å². The second-order valence-corrected chi connectivity index (χ2v) is 5.23. The molecule has 17 heavy (non-hydrogen) atoms. The molecule has 5 nitrogen and oxygen atoms in total. The first-order valence-corrected chi connectivity index (χ1v) is 6.48. The maximum atomic E-state index is 12.8. The van der Waals surface area contributed by atoms with E-state index in [2.05, 4.69) is 4.72 Å². The molecule has 0 bridgehead atoms. The van der Waals surface area contributed by atoms with E-state index < -0.39 is 27.6 Å². The third kappa shape index (κ3) is 5.41. The van der Waals surface area contributed by atoms with Gasteiger partial charge in [0.05, 0.1) is 0 Å². The number of rotatable bonds is 6. The summed E-state index contributed by atoms with van der Waals surface area (Å²) < 4.78 is 37.2. The first-order valence-electron chi connectivity index (χ1n) is 4.82. The van der Waals surface area contributed by atoms with Crippen LogP contribution in [-0.4, -0.2) is 31.8 Å². The third-order valence-corrected chi connectivity index (χ3v) is 3.21. The Hall–Kier alpha value is -1.47. The molecule has 7 heteroatoms. The highest BCUT2D eigenvalue weighted by molar-refractivity contribution is 7.90. The highest BCUT2D eigenvalue weighted by atomic mass is 32.2. The van der Waals surface area contributed by atoms with Crippen molar-refractivity contribution < 1.29 is 22.7 Å². The highest BCUT2D eigenvalue weighted by Gasteiger charge is 2.14. The summed E-state index contributed by atoms with van der Waals surface area (Å²) >= 11 is 0. The molecule has 0 atom stereocenters. The maximum absolute atomic E-state index is 12.8. The molecule has 2 N–H and O–H groups in total. The van der Waals surface area contributed by atoms with Gasteiger partial charge in [-0.25, -0.2) is 17.5 Å². The number of carboxylic acids is 1. The zero-order valence-corrected chi connectivity index (χ0v) is 9.71. The van der Waals surface area contributed by atoms with Gasteiger partial charge in [-0.1, -0.05) is 12.1 Å². The lowest BCUT2D eigenvalue weighted by molar-refractivity contribution is -0.134. The summed E-state index contributed by atoms with van der Waals surface area (Å²) in [5.41, 5.74) is 0.642. The molecule has 94 valence electrons. The van der Waals surface area contributed by atoms with Gasteiger partial charge in [-0.2, -0.15) is 0 Å². The van der Waals surface area contributed by atoms with Gasteiger partial charge in [0.25, 0.3) is 0 Å². The number of hydrogen-bond donors (Lipinski definition) is 2. The molecule has 0 saturated carbocycles. The van der Waals surface area contributed by atoms with Gasteiger partial charge in [0.2, 0.25) is 10.0 Å². The molecule has 0 amide bonds. The lowest BCUT2D eigenvalue weighted by Crippen LogP contribution is -2.31. The van der Waals surface area contributed by atoms with E-state index in [1.807, 2.05) is 0 Å². The first-order chi connectivity index (χ1) is 7.89. The van der Waals surface area contributed by atoms with Crippen LogP contribution in [0, 0.1) is 5.82 Å². The minimum atomic E-state index is -3.80. The van der Waals surface area contributed by atoms with E-state index in [0.29, 0.717) is 12.0 Å². The van der Waals surface area contributed by atoms with Gasteiger partial charge in [-0.05, 0) is 24.1 Å². The van der Waals surface area contributed by atoms with Crippen molar-refractivity contribution in [1.29, 1.82) is 0 Å². The van der Waals surface area contributed by atoms with Crippen LogP contribution < -0.4 is 4.72 Å². The van der Waals surface area contributed by atoms with Gasteiger partial charge in [0.1, 0.15) is 5.82 Å². The van der Waals surface area contributed by atoms with E-state index in [-0.39, 0.29) is 6.54 Å². The topological polar surface area (TPSA) is 83.5 Å². The average Bonchev–Trinajstić information content (AvgIpc) is 2.15. The molecule has 0 saturated heterocycles. The van der Waals surface area contributed by atoms with Crippen LogP contribution in [0.15, 0.2) is 24.3 Å². The summed E-state index contributed by atoms with van der Waals surface area (Å²) in [6, 6.07) is 5.77. The monoisotopic (exact) mass is 261 g/mol. The van der Waals surface area contributed by atoms with Crippen molar-refractivity contribution in [2.45, 2.75) is 6.42 Å². The molecule has 0 heterocycles.